The lowest BCUT2D eigenvalue weighted by molar-refractivity contribution is -0.117. The van der Waals surface area contributed by atoms with Crippen LogP contribution in [0.4, 0.5) is 10.1 Å². The molecule has 4 nitrogen and oxygen atoms in total. The molecule has 0 radical (unpaired) electrons. The van der Waals surface area contributed by atoms with Crippen LogP contribution >= 0.6 is 0 Å². The minimum absolute atomic E-state index is 0.106. The molecule has 0 fully saturated rings. The Bertz CT molecular complexity index is 520. The third-order valence-electron chi connectivity index (χ3n) is 2.54. The highest BCUT2D eigenvalue weighted by Gasteiger charge is 2.10. The standard InChI is InChI=1S/C15H18FNO3/c1-11(10-20-2)8-15(19)17-13-5-6-14(16)12(9-13)4-3-7-18/h5-6,9,11,18H,7-8,10H2,1-2H3,(H,17,19). The van der Waals surface area contributed by atoms with E-state index in [1.807, 2.05) is 6.92 Å². The molecule has 0 spiro atoms. The van der Waals surface area contributed by atoms with Crippen molar-refractivity contribution in [3.63, 3.8) is 0 Å². The van der Waals surface area contributed by atoms with Crippen LogP contribution in [0, 0.1) is 23.6 Å². The van der Waals surface area contributed by atoms with E-state index in [2.05, 4.69) is 17.2 Å². The lowest BCUT2D eigenvalue weighted by Crippen LogP contribution is -2.17. The third kappa shape index (κ3) is 5.39. The first-order chi connectivity index (χ1) is 9.56. The van der Waals surface area contributed by atoms with E-state index in [-0.39, 0.29) is 24.0 Å². The van der Waals surface area contributed by atoms with Crippen molar-refractivity contribution in [3.05, 3.63) is 29.6 Å². The Morgan fingerprint density at radius 3 is 2.95 bits per heavy atom. The molecule has 0 aliphatic rings. The number of amides is 1. The number of benzene rings is 1. The molecule has 20 heavy (non-hydrogen) atoms. The molecule has 1 rings (SSSR count). The SMILES string of the molecule is COCC(C)CC(=O)Nc1ccc(F)c(C#CCO)c1. The third-order valence-corrected chi connectivity index (χ3v) is 2.54. The monoisotopic (exact) mass is 279 g/mol. The maximum Gasteiger partial charge on any atom is 0.224 e. The molecule has 5 heteroatoms. The van der Waals surface area contributed by atoms with Crippen LogP contribution in [0.15, 0.2) is 18.2 Å². The first kappa shape index (κ1) is 16.2. The Kier molecular flexibility index (Phi) is 6.71. The molecule has 1 aromatic carbocycles. The minimum atomic E-state index is -0.489. The number of hydrogen-bond acceptors (Lipinski definition) is 3. The zero-order chi connectivity index (χ0) is 15.0. The molecule has 0 aromatic heterocycles. The van der Waals surface area contributed by atoms with E-state index in [9.17, 15) is 9.18 Å². The molecule has 2 N–H and O–H groups in total. The smallest absolute Gasteiger partial charge is 0.224 e. The van der Waals surface area contributed by atoms with E-state index in [0.29, 0.717) is 18.7 Å². The van der Waals surface area contributed by atoms with Gasteiger partial charge in [0.2, 0.25) is 5.91 Å². The Hall–Kier alpha value is -1.90. The maximum absolute atomic E-state index is 13.4. The number of rotatable bonds is 5. The highest BCUT2D eigenvalue weighted by Crippen LogP contribution is 2.15. The lowest BCUT2D eigenvalue weighted by Gasteiger charge is -2.10. The number of nitrogens with one attached hydrogen (secondary N) is 1. The number of methoxy groups -OCH3 is 1. The average molecular weight is 279 g/mol. The van der Waals surface area contributed by atoms with Crippen LogP contribution in [0.1, 0.15) is 18.9 Å². The van der Waals surface area contributed by atoms with Gasteiger partial charge in [-0.15, -0.1) is 0 Å². The number of anilines is 1. The number of aliphatic hydroxyl groups is 1. The molecule has 0 bridgehead atoms. The van der Waals surface area contributed by atoms with E-state index < -0.39 is 5.82 Å². The lowest BCUT2D eigenvalue weighted by atomic mass is 10.1. The largest absolute Gasteiger partial charge is 0.384 e. The second-order valence-electron chi connectivity index (χ2n) is 4.47. The van der Waals surface area contributed by atoms with Gasteiger partial charge >= 0.3 is 0 Å². The highest BCUT2D eigenvalue weighted by atomic mass is 19.1. The topological polar surface area (TPSA) is 58.6 Å². The maximum atomic E-state index is 13.4. The van der Waals surface area contributed by atoms with Crippen molar-refractivity contribution in [1.82, 2.24) is 0 Å². The number of halogens is 1. The molecule has 0 heterocycles. The number of hydrogen-bond donors (Lipinski definition) is 2. The van der Waals surface area contributed by atoms with Crippen molar-refractivity contribution < 1.29 is 19.0 Å². The molecule has 0 saturated heterocycles. The number of carbonyl (C=O) groups excluding carboxylic acids is 1. The van der Waals surface area contributed by atoms with E-state index in [4.69, 9.17) is 9.84 Å². The average Bonchev–Trinajstić information content (AvgIpc) is 2.39. The van der Waals surface area contributed by atoms with Gasteiger partial charge in [0.15, 0.2) is 0 Å². The Balaban J connectivity index is 2.70. The molecule has 108 valence electrons. The van der Waals surface area contributed by atoms with Crippen LogP contribution in [0.5, 0.6) is 0 Å². The summed E-state index contributed by atoms with van der Waals surface area (Å²) in [5.41, 5.74) is 0.616. The summed E-state index contributed by atoms with van der Waals surface area (Å²) < 4.78 is 18.4. The summed E-state index contributed by atoms with van der Waals surface area (Å²) in [5.74, 6) is 4.31. The predicted octanol–water partition coefficient (Wildman–Crippen LogP) is 1.78. The molecular weight excluding hydrogens is 261 g/mol. The molecule has 1 aromatic rings. The zero-order valence-electron chi connectivity index (χ0n) is 11.6. The van der Waals surface area contributed by atoms with Crippen molar-refractivity contribution in [2.24, 2.45) is 5.92 Å². The second-order valence-corrected chi connectivity index (χ2v) is 4.47. The van der Waals surface area contributed by atoms with E-state index in [1.165, 1.54) is 18.2 Å². The zero-order valence-corrected chi connectivity index (χ0v) is 11.6. The van der Waals surface area contributed by atoms with E-state index in [0.717, 1.165) is 0 Å². The van der Waals surface area contributed by atoms with Gasteiger partial charge < -0.3 is 15.2 Å². The fraction of sp³-hybridized carbons (Fsp3) is 0.400. The van der Waals surface area contributed by atoms with Gasteiger partial charge in [0, 0.05) is 25.8 Å². The van der Waals surface area contributed by atoms with Crippen molar-refractivity contribution in [2.45, 2.75) is 13.3 Å². The number of carbonyl (C=O) groups is 1. The molecule has 0 aliphatic carbocycles. The molecule has 0 saturated carbocycles. The summed E-state index contributed by atoms with van der Waals surface area (Å²) >= 11 is 0. The van der Waals surface area contributed by atoms with Gasteiger partial charge in [0.25, 0.3) is 0 Å². The van der Waals surface area contributed by atoms with Gasteiger partial charge in [-0.25, -0.2) is 4.39 Å². The van der Waals surface area contributed by atoms with E-state index in [1.54, 1.807) is 7.11 Å². The van der Waals surface area contributed by atoms with Crippen molar-refractivity contribution in [2.75, 3.05) is 25.6 Å². The molecule has 1 amide bonds. The van der Waals surface area contributed by atoms with Gasteiger partial charge in [-0.1, -0.05) is 18.8 Å². The predicted molar refractivity (Wildman–Crippen MR) is 74.7 cm³/mol. The first-order valence-electron chi connectivity index (χ1n) is 6.25. The fourth-order valence-electron chi connectivity index (χ4n) is 1.71. The normalized spacial score (nSPS) is 11.4. The van der Waals surface area contributed by atoms with Crippen LogP contribution in [0.3, 0.4) is 0 Å². The fourth-order valence-corrected chi connectivity index (χ4v) is 1.71. The van der Waals surface area contributed by atoms with Crippen molar-refractivity contribution in [1.29, 1.82) is 0 Å². The summed E-state index contributed by atoms with van der Waals surface area (Å²) in [7, 11) is 1.58. The van der Waals surface area contributed by atoms with Crippen molar-refractivity contribution >= 4 is 11.6 Å². The number of aliphatic hydroxyl groups excluding tert-OH is 1. The van der Waals surface area contributed by atoms with Gasteiger partial charge in [0.1, 0.15) is 12.4 Å². The van der Waals surface area contributed by atoms with Gasteiger partial charge in [-0.2, -0.15) is 0 Å². The van der Waals surface area contributed by atoms with Gasteiger partial charge in [-0.05, 0) is 24.1 Å². The molecular formula is C15H18FNO3. The summed E-state index contributed by atoms with van der Waals surface area (Å²) in [6.45, 7) is 2.07. The van der Waals surface area contributed by atoms with Gasteiger partial charge in [-0.3, -0.25) is 4.79 Å². The Morgan fingerprint density at radius 1 is 1.55 bits per heavy atom. The summed E-state index contributed by atoms with van der Waals surface area (Å²) in [4.78, 5) is 11.8. The second kappa shape index (κ2) is 8.31. The quantitative estimate of drug-likeness (QED) is 0.808. The Morgan fingerprint density at radius 2 is 2.30 bits per heavy atom. The Labute approximate surface area is 117 Å². The van der Waals surface area contributed by atoms with Crippen LogP contribution in [0.2, 0.25) is 0 Å². The van der Waals surface area contributed by atoms with Crippen LogP contribution < -0.4 is 5.32 Å². The summed E-state index contributed by atoms with van der Waals surface area (Å²) in [6, 6.07) is 4.14. The molecule has 0 aliphatic heterocycles. The summed E-state index contributed by atoms with van der Waals surface area (Å²) in [5, 5.41) is 11.3. The van der Waals surface area contributed by atoms with Crippen LogP contribution in [-0.2, 0) is 9.53 Å². The number of ether oxygens (including phenoxy) is 1. The summed E-state index contributed by atoms with van der Waals surface area (Å²) in [6.07, 6.45) is 0.322. The van der Waals surface area contributed by atoms with Crippen LogP contribution in [-0.4, -0.2) is 31.3 Å². The molecule has 1 unspecified atom stereocenters. The van der Waals surface area contributed by atoms with Crippen molar-refractivity contribution in [3.8, 4) is 11.8 Å². The first-order valence-corrected chi connectivity index (χ1v) is 6.25. The van der Waals surface area contributed by atoms with E-state index >= 15 is 0 Å². The van der Waals surface area contributed by atoms with Gasteiger partial charge in [0.05, 0.1) is 5.56 Å². The molecule has 1 atom stereocenters. The highest BCUT2D eigenvalue weighted by molar-refractivity contribution is 5.91. The van der Waals surface area contributed by atoms with Crippen LogP contribution in [0.25, 0.3) is 0 Å². The minimum Gasteiger partial charge on any atom is -0.384 e.